The van der Waals surface area contributed by atoms with E-state index >= 15 is 0 Å². The van der Waals surface area contributed by atoms with Crippen LogP contribution in [0.5, 0.6) is 0 Å². The van der Waals surface area contributed by atoms with Crippen molar-refractivity contribution in [1.82, 2.24) is 0 Å². The SMILES string of the molecule is CC(=O)c1ccc(N=Nc2ccc(C=O)cc2)cc1. The zero-order valence-corrected chi connectivity index (χ0v) is 10.4. The van der Waals surface area contributed by atoms with Gasteiger partial charge >= 0.3 is 0 Å². The Balaban J connectivity index is 2.12. The summed E-state index contributed by atoms with van der Waals surface area (Å²) >= 11 is 0. The summed E-state index contributed by atoms with van der Waals surface area (Å²) in [6.45, 7) is 1.52. The second kappa shape index (κ2) is 5.82. The molecule has 2 aromatic rings. The van der Waals surface area contributed by atoms with Crippen molar-refractivity contribution in [3.8, 4) is 0 Å². The van der Waals surface area contributed by atoms with E-state index in [2.05, 4.69) is 10.2 Å². The molecule has 4 heteroatoms. The zero-order valence-electron chi connectivity index (χ0n) is 10.4. The number of Topliss-reactive ketones (excluding diaryl/α,β-unsaturated/α-hetero) is 1. The molecule has 0 N–H and O–H groups in total. The second-order valence-corrected chi connectivity index (χ2v) is 4.01. The lowest BCUT2D eigenvalue weighted by atomic mass is 10.1. The highest BCUT2D eigenvalue weighted by Crippen LogP contribution is 2.19. The van der Waals surface area contributed by atoms with Crippen LogP contribution in [0.1, 0.15) is 27.6 Å². The number of carbonyl (C=O) groups is 2. The predicted molar refractivity (Wildman–Crippen MR) is 72.5 cm³/mol. The highest BCUT2D eigenvalue weighted by atomic mass is 16.1. The van der Waals surface area contributed by atoms with E-state index in [1.807, 2.05) is 0 Å². The Bertz CT molecular complexity index is 614. The van der Waals surface area contributed by atoms with Crippen molar-refractivity contribution in [2.45, 2.75) is 6.92 Å². The van der Waals surface area contributed by atoms with Crippen LogP contribution < -0.4 is 0 Å². The summed E-state index contributed by atoms with van der Waals surface area (Å²) in [6, 6.07) is 13.7. The largest absolute Gasteiger partial charge is 0.298 e. The average molecular weight is 252 g/mol. The summed E-state index contributed by atoms with van der Waals surface area (Å²) in [5, 5.41) is 8.11. The van der Waals surface area contributed by atoms with Gasteiger partial charge in [0, 0.05) is 11.1 Å². The maximum Gasteiger partial charge on any atom is 0.159 e. The molecule has 0 saturated heterocycles. The van der Waals surface area contributed by atoms with Crippen LogP contribution in [0.4, 0.5) is 11.4 Å². The quantitative estimate of drug-likeness (QED) is 0.467. The number of nitrogens with zero attached hydrogens (tertiary/aromatic N) is 2. The molecule has 2 aromatic carbocycles. The lowest BCUT2D eigenvalue weighted by Crippen LogP contribution is -1.89. The zero-order chi connectivity index (χ0) is 13.7. The molecule has 0 aliphatic heterocycles. The van der Waals surface area contributed by atoms with Gasteiger partial charge in [0.25, 0.3) is 0 Å². The molecule has 0 unspecified atom stereocenters. The van der Waals surface area contributed by atoms with Crippen LogP contribution >= 0.6 is 0 Å². The third kappa shape index (κ3) is 3.42. The van der Waals surface area contributed by atoms with Crippen molar-refractivity contribution in [2.24, 2.45) is 10.2 Å². The fourth-order valence-electron chi connectivity index (χ4n) is 1.50. The maximum absolute atomic E-state index is 11.1. The molecule has 0 heterocycles. The van der Waals surface area contributed by atoms with E-state index in [-0.39, 0.29) is 5.78 Å². The van der Waals surface area contributed by atoms with Gasteiger partial charge in [-0.3, -0.25) is 9.59 Å². The molecule has 0 atom stereocenters. The van der Waals surface area contributed by atoms with Crippen LogP contribution in [-0.2, 0) is 0 Å². The highest BCUT2D eigenvalue weighted by molar-refractivity contribution is 5.94. The van der Waals surface area contributed by atoms with Crippen molar-refractivity contribution >= 4 is 23.4 Å². The minimum Gasteiger partial charge on any atom is -0.298 e. The molecule has 19 heavy (non-hydrogen) atoms. The third-order valence-electron chi connectivity index (χ3n) is 2.58. The predicted octanol–water partition coefficient (Wildman–Crippen LogP) is 4.12. The van der Waals surface area contributed by atoms with Crippen LogP contribution in [0.25, 0.3) is 0 Å². The summed E-state index contributed by atoms with van der Waals surface area (Å²) < 4.78 is 0. The van der Waals surface area contributed by atoms with Gasteiger partial charge in [-0.15, -0.1) is 0 Å². The minimum atomic E-state index is 0.0212. The molecule has 0 aliphatic rings. The lowest BCUT2D eigenvalue weighted by Gasteiger charge is -1.96. The summed E-state index contributed by atoms with van der Waals surface area (Å²) in [6.07, 6.45) is 0.779. The highest BCUT2D eigenvalue weighted by Gasteiger charge is 1.98. The second-order valence-electron chi connectivity index (χ2n) is 4.01. The van der Waals surface area contributed by atoms with Crippen LogP contribution in [-0.4, -0.2) is 12.1 Å². The summed E-state index contributed by atoms with van der Waals surface area (Å²) in [5.41, 5.74) is 2.59. The Morgan fingerprint density at radius 1 is 0.895 bits per heavy atom. The smallest absolute Gasteiger partial charge is 0.159 e. The number of benzene rings is 2. The topological polar surface area (TPSA) is 58.9 Å². The van der Waals surface area contributed by atoms with Crippen molar-refractivity contribution in [1.29, 1.82) is 0 Å². The lowest BCUT2D eigenvalue weighted by molar-refractivity contribution is 0.101. The van der Waals surface area contributed by atoms with Crippen LogP contribution in [0.15, 0.2) is 58.8 Å². The average Bonchev–Trinajstić information content (AvgIpc) is 2.46. The van der Waals surface area contributed by atoms with E-state index in [1.165, 1.54) is 6.92 Å². The molecule has 2 rings (SSSR count). The van der Waals surface area contributed by atoms with Crippen molar-refractivity contribution in [2.75, 3.05) is 0 Å². The standard InChI is InChI=1S/C15H12N2O2/c1-11(19)13-4-8-15(9-5-13)17-16-14-6-2-12(10-18)3-7-14/h2-10H,1H3. The molecule has 0 aliphatic carbocycles. The van der Waals surface area contributed by atoms with Crippen molar-refractivity contribution in [3.05, 3.63) is 59.7 Å². The first-order valence-electron chi connectivity index (χ1n) is 5.77. The summed E-state index contributed by atoms with van der Waals surface area (Å²) in [5.74, 6) is 0.0212. The number of azo groups is 1. The molecular weight excluding hydrogens is 240 g/mol. The van der Waals surface area contributed by atoms with E-state index in [1.54, 1.807) is 48.5 Å². The Hall–Kier alpha value is -2.62. The van der Waals surface area contributed by atoms with Gasteiger partial charge in [-0.05, 0) is 55.5 Å². The van der Waals surface area contributed by atoms with Gasteiger partial charge in [0.05, 0.1) is 11.4 Å². The molecule has 0 spiro atoms. The fraction of sp³-hybridized carbons (Fsp3) is 0.0667. The van der Waals surface area contributed by atoms with E-state index in [9.17, 15) is 9.59 Å². The number of carbonyl (C=O) groups excluding carboxylic acids is 2. The van der Waals surface area contributed by atoms with Crippen LogP contribution in [0.3, 0.4) is 0 Å². The monoisotopic (exact) mass is 252 g/mol. The Morgan fingerprint density at radius 2 is 1.37 bits per heavy atom. The maximum atomic E-state index is 11.1. The van der Waals surface area contributed by atoms with Gasteiger partial charge in [0.15, 0.2) is 5.78 Å². The molecule has 0 radical (unpaired) electrons. The molecule has 0 amide bonds. The number of hydrogen-bond donors (Lipinski definition) is 0. The molecule has 0 fully saturated rings. The number of aldehydes is 1. The van der Waals surface area contributed by atoms with Gasteiger partial charge in [-0.2, -0.15) is 10.2 Å². The number of ketones is 1. The fourth-order valence-corrected chi connectivity index (χ4v) is 1.50. The first-order chi connectivity index (χ1) is 9.19. The van der Waals surface area contributed by atoms with Crippen LogP contribution in [0, 0.1) is 0 Å². The molecule has 0 saturated carbocycles. The number of rotatable bonds is 4. The summed E-state index contributed by atoms with van der Waals surface area (Å²) in [4.78, 5) is 21.6. The number of hydrogen-bond acceptors (Lipinski definition) is 4. The Labute approximate surface area is 110 Å². The molecular formula is C15H12N2O2. The van der Waals surface area contributed by atoms with Gasteiger partial charge in [-0.25, -0.2) is 0 Å². The molecule has 0 bridgehead atoms. The Kier molecular flexibility index (Phi) is 3.93. The van der Waals surface area contributed by atoms with Gasteiger partial charge in [-0.1, -0.05) is 0 Å². The van der Waals surface area contributed by atoms with Gasteiger partial charge < -0.3 is 0 Å². The Morgan fingerprint density at radius 3 is 1.79 bits per heavy atom. The first-order valence-corrected chi connectivity index (χ1v) is 5.77. The molecule has 4 nitrogen and oxygen atoms in total. The van der Waals surface area contributed by atoms with E-state index in [0.717, 1.165) is 6.29 Å². The van der Waals surface area contributed by atoms with E-state index in [4.69, 9.17) is 0 Å². The van der Waals surface area contributed by atoms with E-state index in [0.29, 0.717) is 22.5 Å². The minimum absolute atomic E-state index is 0.0212. The van der Waals surface area contributed by atoms with Crippen LogP contribution in [0.2, 0.25) is 0 Å². The van der Waals surface area contributed by atoms with E-state index < -0.39 is 0 Å². The van der Waals surface area contributed by atoms with Gasteiger partial charge in [0.2, 0.25) is 0 Å². The molecule has 94 valence electrons. The third-order valence-corrected chi connectivity index (χ3v) is 2.58. The van der Waals surface area contributed by atoms with Gasteiger partial charge in [0.1, 0.15) is 6.29 Å². The summed E-state index contributed by atoms with van der Waals surface area (Å²) in [7, 11) is 0. The first kappa shape index (κ1) is 12.8. The van der Waals surface area contributed by atoms with Crippen molar-refractivity contribution < 1.29 is 9.59 Å². The molecule has 0 aromatic heterocycles. The normalized spacial score (nSPS) is 10.6. The van der Waals surface area contributed by atoms with Crippen molar-refractivity contribution in [3.63, 3.8) is 0 Å².